The number of carbonyl (C=O) groups excluding carboxylic acids is 1. The van der Waals surface area contributed by atoms with Gasteiger partial charge < -0.3 is 0 Å². The van der Waals surface area contributed by atoms with E-state index in [0.717, 1.165) is 11.3 Å². The molecule has 0 unspecified atom stereocenters. The van der Waals surface area contributed by atoms with E-state index >= 15 is 0 Å². The number of hydrogen-bond acceptors (Lipinski definition) is 3. The summed E-state index contributed by atoms with van der Waals surface area (Å²) in [5, 5.41) is 6.33. The fourth-order valence-corrected chi connectivity index (χ4v) is 2.90. The second kappa shape index (κ2) is 7.07. The summed E-state index contributed by atoms with van der Waals surface area (Å²) in [5.74, 6) is 0.0981. The molecular weight excluding hydrogens is 327 g/mol. The topological polar surface area (TPSA) is 42.0 Å². The molecule has 1 aromatic carbocycles. The van der Waals surface area contributed by atoms with Gasteiger partial charge in [0.1, 0.15) is 0 Å². The number of thiazole rings is 1. The zero-order chi connectivity index (χ0) is 15.4. The number of hydrogen-bond donors (Lipinski definition) is 1. The van der Waals surface area contributed by atoms with Crippen LogP contribution in [0.2, 0.25) is 10.0 Å². The van der Waals surface area contributed by atoms with E-state index in [-0.39, 0.29) is 5.91 Å². The van der Waals surface area contributed by atoms with Gasteiger partial charge in [-0.05, 0) is 29.7 Å². The molecule has 0 aliphatic rings. The molecule has 0 bridgehead atoms. The Bertz CT molecular complexity index is 680. The Morgan fingerprint density at radius 1 is 1.38 bits per heavy atom. The van der Waals surface area contributed by atoms with Crippen molar-refractivity contribution in [3.05, 3.63) is 51.0 Å². The van der Waals surface area contributed by atoms with Gasteiger partial charge in [0.15, 0.2) is 5.13 Å². The molecule has 0 fully saturated rings. The van der Waals surface area contributed by atoms with Crippen molar-refractivity contribution >= 4 is 51.7 Å². The van der Waals surface area contributed by atoms with Gasteiger partial charge >= 0.3 is 0 Å². The Hall–Kier alpha value is -1.36. The van der Waals surface area contributed by atoms with Crippen molar-refractivity contribution < 1.29 is 4.79 Å². The Kier molecular flexibility index (Phi) is 5.39. The van der Waals surface area contributed by atoms with Crippen LogP contribution in [0, 0.1) is 0 Å². The van der Waals surface area contributed by atoms with Crippen LogP contribution in [-0.2, 0) is 4.79 Å². The molecule has 0 saturated heterocycles. The SMILES string of the molecule is CC(C)c1csc(NC(=O)/C=C/c2ccc(Cl)cc2Cl)n1. The molecule has 0 saturated carbocycles. The highest BCUT2D eigenvalue weighted by molar-refractivity contribution is 7.14. The number of nitrogens with zero attached hydrogens (tertiary/aromatic N) is 1. The van der Waals surface area contributed by atoms with Gasteiger partial charge in [-0.3, -0.25) is 10.1 Å². The highest BCUT2D eigenvalue weighted by Crippen LogP contribution is 2.23. The van der Waals surface area contributed by atoms with E-state index in [2.05, 4.69) is 24.1 Å². The zero-order valence-corrected chi connectivity index (χ0v) is 13.9. The van der Waals surface area contributed by atoms with Gasteiger partial charge in [0.05, 0.1) is 5.69 Å². The monoisotopic (exact) mass is 340 g/mol. The third-order valence-electron chi connectivity index (χ3n) is 2.72. The lowest BCUT2D eigenvalue weighted by atomic mass is 10.2. The van der Waals surface area contributed by atoms with Gasteiger partial charge in [0, 0.05) is 21.5 Å². The molecule has 0 aliphatic carbocycles. The van der Waals surface area contributed by atoms with Crippen LogP contribution < -0.4 is 5.32 Å². The minimum absolute atomic E-state index is 0.245. The lowest BCUT2D eigenvalue weighted by Gasteiger charge is -2.00. The van der Waals surface area contributed by atoms with Crippen molar-refractivity contribution in [1.29, 1.82) is 0 Å². The normalized spacial score (nSPS) is 11.3. The molecule has 110 valence electrons. The van der Waals surface area contributed by atoms with E-state index in [1.807, 2.05) is 5.38 Å². The van der Waals surface area contributed by atoms with Crippen LogP contribution in [0.15, 0.2) is 29.7 Å². The molecule has 3 nitrogen and oxygen atoms in total. The van der Waals surface area contributed by atoms with Crippen molar-refractivity contribution in [3.63, 3.8) is 0 Å². The molecule has 1 aromatic heterocycles. The number of amides is 1. The predicted octanol–water partition coefficient (Wildman–Crippen LogP) is 5.23. The smallest absolute Gasteiger partial charge is 0.250 e. The van der Waals surface area contributed by atoms with Crippen LogP contribution in [0.25, 0.3) is 6.08 Å². The molecule has 1 amide bonds. The molecule has 0 atom stereocenters. The number of nitrogens with one attached hydrogen (secondary N) is 1. The highest BCUT2D eigenvalue weighted by Gasteiger charge is 2.07. The maximum absolute atomic E-state index is 11.8. The fraction of sp³-hybridized carbons (Fsp3) is 0.200. The highest BCUT2D eigenvalue weighted by atomic mass is 35.5. The first-order valence-electron chi connectivity index (χ1n) is 6.35. The number of carbonyl (C=O) groups is 1. The van der Waals surface area contributed by atoms with Gasteiger partial charge in [0.2, 0.25) is 5.91 Å². The van der Waals surface area contributed by atoms with Gasteiger partial charge in [-0.15, -0.1) is 11.3 Å². The largest absolute Gasteiger partial charge is 0.298 e. The molecule has 1 N–H and O–H groups in total. The third-order valence-corrected chi connectivity index (χ3v) is 4.06. The molecule has 1 heterocycles. The van der Waals surface area contributed by atoms with Crippen molar-refractivity contribution in [1.82, 2.24) is 4.98 Å². The first-order chi connectivity index (χ1) is 9.95. The molecule has 2 rings (SSSR count). The lowest BCUT2D eigenvalue weighted by molar-refractivity contribution is -0.111. The van der Waals surface area contributed by atoms with Crippen LogP contribution in [0.4, 0.5) is 5.13 Å². The number of benzene rings is 1. The van der Waals surface area contributed by atoms with E-state index in [1.165, 1.54) is 17.4 Å². The Morgan fingerprint density at radius 2 is 2.14 bits per heavy atom. The fourth-order valence-electron chi connectivity index (χ4n) is 1.56. The summed E-state index contributed by atoms with van der Waals surface area (Å²) in [5.41, 5.74) is 1.71. The molecule has 0 spiro atoms. The Morgan fingerprint density at radius 3 is 2.76 bits per heavy atom. The van der Waals surface area contributed by atoms with Crippen molar-refractivity contribution in [2.75, 3.05) is 5.32 Å². The van der Waals surface area contributed by atoms with E-state index in [4.69, 9.17) is 23.2 Å². The van der Waals surface area contributed by atoms with E-state index in [1.54, 1.807) is 24.3 Å². The minimum atomic E-state index is -0.245. The second-order valence-corrected chi connectivity index (χ2v) is 6.42. The predicted molar refractivity (Wildman–Crippen MR) is 90.3 cm³/mol. The summed E-state index contributed by atoms with van der Waals surface area (Å²) in [7, 11) is 0. The van der Waals surface area contributed by atoms with Crippen molar-refractivity contribution in [3.8, 4) is 0 Å². The minimum Gasteiger partial charge on any atom is -0.298 e. The first-order valence-corrected chi connectivity index (χ1v) is 7.99. The summed E-state index contributed by atoms with van der Waals surface area (Å²) < 4.78 is 0. The molecule has 0 radical (unpaired) electrons. The summed E-state index contributed by atoms with van der Waals surface area (Å²) >= 11 is 13.3. The molecule has 2 aromatic rings. The van der Waals surface area contributed by atoms with Crippen LogP contribution in [-0.4, -0.2) is 10.9 Å². The van der Waals surface area contributed by atoms with Crippen molar-refractivity contribution in [2.45, 2.75) is 19.8 Å². The van der Waals surface area contributed by atoms with E-state index in [9.17, 15) is 4.79 Å². The number of anilines is 1. The quantitative estimate of drug-likeness (QED) is 0.774. The summed E-state index contributed by atoms with van der Waals surface area (Å²) in [6, 6.07) is 5.12. The lowest BCUT2D eigenvalue weighted by Crippen LogP contribution is -2.07. The van der Waals surface area contributed by atoms with Gasteiger partial charge in [-0.2, -0.15) is 0 Å². The van der Waals surface area contributed by atoms with Crippen LogP contribution in [0.5, 0.6) is 0 Å². The number of rotatable bonds is 4. The molecule has 21 heavy (non-hydrogen) atoms. The van der Waals surface area contributed by atoms with Gasteiger partial charge in [0.25, 0.3) is 0 Å². The van der Waals surface area contributed by atoms with Crippen molar-refractivity contribution in [2.24, 2.45) is 0 Å². The molecule has 6 heteroatoms. The van der Waals surface area contributed by atoms with E-state index in [0.29, 0.717) is 21.1 Å². The Labute approximate surface area is 137 Å². The average molecular weight is 341 g/mol. The summed E-state index contributed by atoms with van der Waals surface area (Å²) in [4.78, 5) is 16.2. The molecular formula is C15H14Cl2N2OS. The van der Waals surface area contributed by atoms with Crippen LogP contribution in [0.3, 0.4) is 0 Å². The third kappa shape index (κ3) is 4.56. The van der Waals surface area contributed by atoms with Crippen LogP contribution in [0.1, 0.15) is 31.0 Å². The summed E-state index contributed by atoms with van der Waals surface area (Å²) in [6.45, 7) is 4.12. The maximum atomic E-state index is 11.8. The zero-order valence-electron chi connectivity index (χ0n) is 11.6. The summed E-state index contributed by atoms with van der Waals surface area (Å²) in [6.07, 6.45) is 3.07. The average Bonchev–Trinajstić information content (AvgIpc) is 2.86. The van der Waals surface area contributed by atoms with Gasteiger partial charge in [-0.1, -0.05) is 43.1 Å². The Balaban J connectivity index is 2.02. The van der Waals surface area contributed by atoms with Crippen LogP contribution >= 0.6 is 34.5 Å². The number of halogens is 2. The maximum Gasteiger partial charge on any atom is 0.250 e. The van der Waals surface area contributed by atoms with E-state index < -0.39 is 0 Å². The standard InChI is InChI=1S/C15H14Cl2N2OS/c1-9(2)13-8-21-15(18-13)19-14(20)6-4-10-3-5-11(16)7-12(10)17/h3-9H,1-2H3,(H,18,19,20)/b6-4+. The molecule has 0 aliphatic heterocycles. The van der Waals surface area contributed by atoms with Gasteiger partial charge in [-0.25, -0.2) is 4.98 Å². The number of aromatic nitrogens is 1. The first kappa shape index (κ1) is 16.0. The second-order valence-electron chi connectivity index (χ2n) is 4.72.